The summed E-state index contributed by atoms with van der Waals surface area (Å²) in [5, 5.41) is 11.3. The van der Waals surface area contributed by atoms with E-state index in [0.29, 0.717) is 24.3 Å². The van der Waals surface area contributed by atoms with Gasteiger partial charge in [-0.2, -0.15) is 0 Å². The lowest BCUT2D eigenvalue weighted by Gasteiger charge is -2.26. The Morgan fingerprint density at radius 2 is 1.85 bits per heavy atom. The molecule has 1 unspecified atom stereocenters. The maximum absolute atomic E-state index is 14.4. The summed E-state index contributed by atoms with van der Waals surface area (Å²) in [4.78, 5) is 17.0. The van der Waals surface area contributed by atoms with Crippen LogP contribution in [0.4, 0.5) is 10.1 Å². The van der Waals surface area contributed by atoms with Crippen LogP contribution >= 0.6 is 15.9 Å². The van der Waals surface area contributed by atoms with Crippen LogP contribution in [-0.4, -0.2) is 42.1 Å². The molecule has 1 amide bonds. The Morgan fingerprint density at radius 1 is 1.15 bits per heavy atom. The molecular formula is C20H22BrFN2O2. The third kappa shape index (κ3) is 3.06. The normalized spacial score (nSPS) is 19.3. The Morgan fingerprint density at radius 3 is 2.50 bits per heavy atom. The number of nitrogens with zero attached hydrogens (tertiary/aromatic N) is 2. The summed E-state index contributed by atoms with van der Waals surface area (Å²) in [6, 6.07) is 11.1. The molecule has 26 heavy (non-hydrogen) atoms. The average molecular weight is 421 g/mol. The van der Waals surface area contributed by atoms with Gasteiger partial charge in [-0.15, -0.1) is 0 Å². The van der Waals surface area contributed by atoms with E-state index in [0.717, 1.165) is 17.6 Å². The summed E-state index contributed by atoms with van der Waals surface area (Å²) in [5.74, 6) is -1.11. The van der Waals surface area contributed by atoms with Gasteiger partial charge in [0.2, 0.25) is 0 Å². The molecule has 0 saturated carbocycles. The minimum absolute atomic E-state index is 0.0149. The smallest absolute Gasteiger partial charge is 0.268 e. The molecule has 1 heterocycles. The average Bonchev–Trinajstić information content (AvgIpc) is 2.84. The number of carbonyl (C=O) groups excluding carboxylic acids is 1. The van der Waals surface area contributed by atoms with Crippen molar-refractivity contribution in [2.45, 2.75) is 19.4 Å². The molecular weight excluding hydrogens is 399 g/mol. The molecule has 0 bridgehead atoms. The number of likely N-dealkylation sites (N-methyl/N-ethyl adjacent to an activating group) is 1. The summed E-state index contributed by atoms with van der Waals surface area (Å²) in [5.41, 5.74) is -0.999. The first-order valence-corrected chi connectivity index (χ1v) is 9.54. The number of benzene rings is 2. The molecule has 1 aliphatic rings. The van der Waals surface area contributed by atoms with Gasteiger partial charge in [-0.3, -0.25) is 4.79 Å². The molecule has 1 aliphatic heterocycles. The zero-order valence-electron chi connectivity index (χ0n) is 14.9. The van der Waals surface area contributed by atoms with Crippen molar-refractivity contribution in [1.82, 2.24) is 4.90 Å². The standard InChI is InChI=1S/C20H22BrFN2O2/c1-3-23(4-2)11-12-24-18-13-14(21)9-10-16(18)20(26,19(24)25)15-7-5-6-8-17(15)22/h5-10,13,26H,3-4,11-12H2,1-2H3. The lowest BCUT2D eigenvalue weighted by molar-refractivity contribution is -0.132. The molecule has 0 fully saturated rings. The van der Waals surface area contributed by atoms with Gasteiger partial charge in [0.15, 0.2) is 5.60 Å². The van der Waals surface area contributed by atoms with Crippen LogP contribution < -0.4 is 4.90 Å². The van der Waals surface area contributed by atoms with Gasteiger partial charge in [0, 0.05) is 28.7 Å². The largest absolute Gasteiger partial charge is 0.372 e. The van der Waals surface area contributed by atoms with Gasteiger partial charge >= 0.3 is 0 Å². The van der Waals surface area contributed by atoms with Crippen molar-refractivity contribution >= 4 is 27.5 Å². The van der Waals surface area contributed by atoms with Crippen LogP contribution in [0.3, 0.4) is 0 Å². The van der Waals surface area contributed by atoms with Crippen molar-refractivity contribution in [2.75, 3.05) is 31.1 Å². The highest BCUT2D eigenvalue weighted by atomic mass is 79.9. The maximum Gasteiger partial charge on any atom is 0.268 e. The number of amides is 1. The number of halogens is 2. The van der Waals surface area contributed by atoms with Gasteiger partial charge in [-0.1, -0.05) is 54.0 Å². The van der Waals surface area contributed by atoms with Crippen molar-refractivity contribution < 1.29 is 14.3 Å². The first kappa shape index (κ1) is 19.0. The van der Waals surface area contributed by atoms with E-state index in [-0.39, 0.29) is 5.56 Å². The number of rotatable bonds is 6. The molecule has 0 spiro atoms. The Bertz CT molecular complexity index is 825. The van der Waals surface area contributed by atoms with Crippen LogP contribution in [0.5, 0.6) is 0 Å². The van der Waals surface area contributed by atoms with Crippen molar-refractivity contribution in [3.05, 3.63) is 63.9 Å². The second-order valence-corrected chi connectivity index (χ2v) is 7.25. The number of hydrogen-bond acceptors (Lipinski definition) is 3. The predicted molar refractivity (Wildman–Crippen MR) is 104 cm³/mol. The highest BCUT2D eigenvalue weighted by Gasteiger charge is 2.52. The maximum atomic E-state index is 14.4. The van der Waals surface area contributed by atoms with E-state index >= 15 is 0 Å². The Kier molecular flexibility index (Phi) is 5.46. The zero-order valence-corrected chi connectivity index (χ0v) is 16.5. The van der Waals surface area contributed by atoms with E-state index < -0.39 is 17.3 Å². The van der Waals surface area contributed by atoms with Gasteiger partial charge < -0.3 is 14.9 Å². The van der Waals surface area contributed by atoms with Gasteiger partial charge in [-0.05, 0) is 31.3 Å². The second-order valence-electron chi connectivity index (χ2n) is 6.34. The molecule has 4 nitrogen and oxygen atoms in total. The summed E-state index contributed by atoms with van der Waals surface area (Å²) < 4.78 is 15.2. The van der Waals surface area contributed by atoms with E-state index in [9.17, 15) is 14.3 Å². The highest BCUT2D eigenvalue weighted by molar-refractivity contribution is 9.10. The highest BCUT2D eigenvalue weighted by Crippen LogP contribution is 2.45. The van der Waals surface area contributed by atoms with Gasteiger partial charge in [-0.25, -0.2) is 4.39 Å². The third-order valence-electron chi connectivity index (χ3n) is 4.99. The summed E-state index contributed by atoms with van der Waals surface area (Å²) >= 11 is 3.42. The van der Waals surface area contributed by atoms with E-state index in [4.69, 9.17) is 0 Å². The number of aliphatic hydroxyl groups is 1. The topological polar surface area (TPSA) is 43.8 Å². The fourth-order valence-electron chi connectivity index (χ4n) is 3.47. The molecule has 1 atom stereocenters. The van der Waals surface area contributed by atoms with Crippen LogP contribution in [0.2, 0.25) is 0 Å². The van der Waals surface area contributed by atoms with Crippen LogP contribution in [-0.2, 0) is 10.4 Å². The van der Waals surface area contributed by atoms with Crippen molar-refractivity contribution in [2.24, 2.45) is 0 Å². The molecule has 6 heteroatoms. The number of anilines is 1. The molecule has 3 rings (SSSR count). The SMILES string of the molecule is CCN(CC)CCN1C(=O)C(O)(c2ccccc2F)c2ccc(Br)cc21. The monoisotopic (exact) mass is 420 g/mol. The summed E-state index contributed by atoms with van der Waals surface area (Å²) in [6.07, 6.45) is 0. The van der Waals surface area contributed by atoms with Crippen LogP contribution in [0, 0.1) is 5.82 Å². The van der Waals surface area contributed by atoms with Gasteiger partial charge in [0.1, 0.15) is 5.82 Å². The zero-order chi connectivity index (χ0) is 18.9. The predicted octanol–water partition coefficient (Wildman–Crippen LogP) is 3.51. The molecule has 1 N–H and O–H groups in total. The lowest BCUT2D eigenvalue weighted by atomic mass is 9.87. The molecule has 138 valence electrons. The molecule has 0 aliphatic carbocycles. The van der Waals surface area contributed by atoms with Crippen LogP contribution in [0.15, 0.2) is 46.9 Å². The second kappa shape index (κ2) is 7.47. The van der Waals surface area contributed by atoms with Gasteiger partial charge in [0.25, 0.3) is 5.91 Å². The molecule has 2 aromatic rings. The summed E-state index contributed by atoms with van der Waals surface area (Å²) in [6.45, 7) is 6.99. The third-order valence-corrected chi connectivity index (χ3v) is 5.49. The lowest BCUT2D eigenvalue weighted by Crippen LogP contribution is -2.44. The fourth-order valence-corrected chi connectivity index (χ4v) is 3.82. The Hall–Kier alpha value is -1.76. The number of carbonyl (C=O) groups is 1. The first-order chi connectivity index (χ1) is 12.4. The number of fused-ring (bicyclic) bond motifs is 1. The summed E-state index contributed by atoms with van der Waals surface area (Å²) in [7, 11) is 0. The molecule has 0 saturated heterocycles. The minimum Gasteiger partial charge on any atom is -0.372 e. The first-order valence-electron chi connectivity index (χ1n) is 8.75. The van der Waals surface area contributed by atoms with E-state index in [1.54, 1.807) is 35.2 Å². The Balaban J connectivity index is 2.07. The Labute approximate surface area is 161 Å². The molecule has 2 aromatic carbocycles. The van der Waals surface area contributed by atoms with E-state index in [1.165, 1.54) is 12.1 Å². The van der Waals surface area contributed by atoms with Gasteiger partial charge in [0.05, 0.1) is 5.69 Å². The van der Waals surface area contributed by atoms with Crippen molar-refractivity contribution in [3.63, 3.8) is 0 Å². The van der Waals surface area contributed by atoms with Crippen LogP contribution in [0.25, 0.3) is 0 Å². The number of hydrogen-bond donors (Lipinski definition) is 1. The molecule has 0 aromatic heterocycles. The van der Waals surface area contributed by atoms with Crippen molar-refractivity contribution in [1.29, 1.82) is 0 Å². The fraction of sp³-hybridized carbons (Fsp3) is 0.350. The quantitative estimate of drug-likeness (QED) is 0.777. The van der Waals surface area contributed by atoms with E-state index in [2.05, 4.69) is 34.7 Å². The van der Waals surface area contributed by atoms with Crippen molar-refractivity contribution in [3.8, 4) is 0 Å². The van der Waals surface area contributed by atoms with Crippen LogP contribution in [0.1, 0.15) is 25.0 Å². The van der Waals surface area contributed by atoms with E-state index in [1.807, 2.05) is 0 Å². The molecule has 0 radical (unpaired) electrons. The minimum atomic E-state index is -2.01.